The second kappa shape index (κ2) is 8.81. The fourth-order valence-corrected chi connectivity index (χ4v) is 3.71. The van der Waals surface area contributed by atoms with E-state index in [4.69, 9.17) is 17.0 Å². The Morgan fingerprint density at radius 2 is 1.55 bits per heavy atom. The lowest BCUT2D eigenvalue weighted by Crippen LogP contribution is -2.19. The molecular formula is C22H18N4OS2. The molecule has 0 spiro atoms. The van der Waals surface area contributed by atoms with Gasteiger partial charge in [-0.2, -0.15) is 9.36 Å². The number of aromatic nitrogens is 2. The molecule has 0 fully saturated rings. The van der Waals surface area contributed by atoms with Gasteiger partial charge < -0.3 is 15.4 Å². The molecule has 0 aliphatic carbocycles. The van der Waals surface area contributed by atoms with Crippen LogP contribution in [0.15, 0.2) is 78.9 Å². The zero-order chi connectivity index (χ0) is 20.1. The lowest BCUT2D eigenvalue weighted by Gasteiger charge is -2.14. The van der Waals surface area contributed by atoms with Gasteiger partial charge in [0, 0.05) is 17.1 Å². The number of anilines is 2. The van der Waals surface area contributed by atoms with Gasteiger partial charge in [-0.3, -0.25) is 0 Å². The van der Waals surface area contributed by atoms with Crippen molar-refractivity contribution in [3.63, 3.8) is 0 Å². The maximum Gasteiger partial charge on any atom is 0.209 e. The lowest BCUT2D eigenvalue weighted by molar-refractivity contribution is 0.417. The number of benzene rings is 3. The standard InChI is InChI=1S/C22H18N4OS2/c1-27-19-13-12-17(15-8-4-2-5-9-15)14-18(19)23-21(28)25-22-24-20(26-29-22)16-10-6-3-7-11-16/h2-14H,1H3,(H2,23,24,25,26,28). The third-order valence-electron chi connectivity index (χ3n) is 4.23. The first-order valence-corrected chi connectivity index (χ1v) is 10.1. The summed E-state index contributed by atoms with van der Waals surface area (Å²) < 4.78 is 9.86. The zero-order valence-corrected chi connectivity index (χ0v) is 17.3. The minimum Gasteiger partial charge on any atom is -0.495 e. The van der Waals surface area contributed by atoms with E-state index in [2.05, 4.69) is 32.1 Å². The Morgan fingerprint density at radius 3 is 2.24 bits per heavy atom. The summed E-state index contributed by atoms with van der Waals surface area (Å²) in [6.45, 7) is 0. The third kappa shape index (κ3) is 4.59. The summed E-state index contributed by atoms with van der Waals surface area (Å²) >= 11 is 6.73. The molecule has 0 unspecified atom stereocenters. The van der Waals surface area contributed by atoms with Crippen LogP contribution in [0.2, 0.25) is 0 Å². The van der Waals surface area contributed by atoms with Crippen molar-refractivity contribution in [1.29, 1.82) is 0 Å². The van der Waals surface area contributed by atoms with Crippen molar-refractivity contribution in [1.82, 2.24) is 9.36 Å². The number of nitrogens with one attached hydrogen (secondary N) is 2. The van der Waals surface area contributed by atoms with Crippen molar-refractivity contribution in [3.8, 4) is 28.3 Å². The highest BCUT2D eigenvalue weighted by Crippen LogP contribution is 2.31. The monoisotopic (exact) mass is 418 g/mol. The molecule has 0 saturated carbocycles. The summed E-state index contributed by atoms with van der Waals surface area (Å²) in [4.78, 5) is 4.51. The average molecular weight is 419 g/mol. The number of ether oxygens (including phenoxy) is 1. The lowest BCUT2D eigenvalue weighted by atomic mass is 10.0. The number of hydrogen-bond acceptors (Lipinski definition) is 5. The molecule has 7 heteroatoms. The van der Waals surface area contributed by atoms with Crippen LogP contribution in [-0.2, 0) is 0 Å². The van der Waals surface area contributed by atoms with Gasteiger partial charge in [0.1, 0.15) is 5.75 Å². The molecule has 4 rings (SSSR count). The second-order valence-corrected chi connectivity index (χ2v) is 7.31. The van der Waals surface area contributed by atoms with E-state index in [1.807, 2.05) is 66.7 Å². The van der Waals surface area contributed by atoms with Crippen LogP contribution in [0.1, 0.15) is 0 Å². The third-order valence-corrected chi connectivity index (χ3v) is 5.07. The van der Waals surface area contributed by atoms with Gasteiger partial charge in [0.2, 0.25) is 5.13 Å². The van der Waals surface area contributed by atoms with Crippen LogP contribution in [0, 0.1) is 0 Å². The van der Waals surface area contributed by atoms with Crippen LogP contribution in [0.4, 0.5) is 10.8 Å². The van der Waals surface area contributed by atoms with Gasteiger partial charge in [-0.05, 0) is 35.5 Å². The van der Waals surface area contributed by atoms with Crippen LogP contribution in [-0.4, -0.2) is 21.6 Å². The van der Waals surface area contributed by atoms with E-state index in [9.17, 15) is 0 Å². The van der Waals surface area contributed by atoms with E-state index in [1.165, 1.54) is 11.5 Å². The fourth-order valence-electron chi connectivity index (χ4n) is 2.85. The molecule has 144 valence electrons. The Hall–Kier alpha value is -3.29. The number of thiocarbonyl (C=S) groups is 1. The molecule has 1 heterocycles. The first kappa shape index (κ1) is 19.0. The molecule has 5 nitrogen and oxygen atoms in total. The van der Waals surface area contributed by atoms with Crippen LogP contribution in [0.25, 0.3) is 22.5 Å². The van der Waals surface area contributed by atoms with Gasteiger partial charge in [0.15, 0.2) is 10.9 Å². The Kier molecular flexibility index (Phi) is 5.79. The summed E-state index contributed by atoms with van der Waals surface area (Å²) in [6, 6.07) is 25.9. The normalized spacial score (nSPS) is 10.4. The first-order valence-electron chi connectivity index (χ1n) is 8.93. The van der Waals surface area contributed by atoms with E-state index in [0.717, 1.165) is 22.4 Å². The van der Waals surface area contributed by atoms with Crippen molar-refractivity contribution in [2.24, 2.45) is 0 Å². The van der Waals surface area contributed by atoms with E-state index in [0.29, 0.717) is 21.8 Å². The quantitative estimate of drug-likeness (QED) is 0.406. The number of nitrogens with zero attached hydrogens (tertiary/aromatic N) is 2. The van der Waals surface area contributed by atoms with E-state index >= 15 is 0 Å². The van der Waals surface area contributed by atoms with Crippen molar-refractivity contribution in [2.75, 3.05) is 17.7 Å². The van der Waals surface area contributed by atoms with Crippen molar-refractivity contribution >= 4 is 39.7 Å². The fraction of sp³-hybridized carbons (Fsp3) is 0.0455. The van der Waals surface area contributed by atoms with Gasteiger partial charge >= 0.3 is 0 Å². The highest BCUT2D eigenvalue weighted by Gasteiger charge is 2.11. The van der Waals surface area contributed by atoms with Gasteiger partial charge in [-0.25, -0.2) is 0 Å². The maximum absolute atomic E-state index is 5.47. The van der Waals surface area contributed by atoms with E-state index in [-0.39, 0.29) is 0 Å². The summed E-state index contributed by atoms with van der Waals surface area (Å²) in [6.07, 6.45) is 0. The Balaban J connectivity index is 1.50. The van der Waals surface area contributed by atoms with Crippen molar-refractivity contribution < 1.29 is 4.74 Å². The Bertz CT molecular complexity index is 1110. The smallest absolute Gasteiger partial charge is 0.209 e. The number of hydrogen-bond donors (Lipinski definition) is 2. The van der Waals surface area contributed by atoms with Crippen molar-refractivity contribution in [3.05, 3.63) is 78.9 Å². The molecule has 0 radical (unpaired) electrons. The van der Waals surface area contributed by atoms with Crippen LogP contribution >= 0.6 is 23.8 Å². The molecule has 29 heavy (non-hydrogen) atoms. The van der Waals surface area contributed by atoms with Gasteiger partial charge in [0.25, 0.3) is 0 Å². The molecule has 0 atom stereocenters. The van der Waals surface area contributed by atoms with Crippen molar-refractivity contribution in [2.45, 2.75) is 0 Å². The van der Waals surface area contributed by atoms with E-state index < -0.39 is 0 Å². The molecule has 0 aliphatic rings. The highest BCUT2D eigenvalue weighted by atomic mass is 32.1. The molecule has 1 aromatic heterocycles. The summed E-state index contributed by atoms with van der Waals surface area (Å²) in [7, 11) is 1.63. The zero-order valence-electron chi connectivity index (χ0n) is 15.6. The Labute approximate surface area is 178 Å². The predicted octanol–water partition coefficient (Wildman–Crippen LogP) is 5.69. The average Bonchev–Trinajstić information content (AvgIpc) is 3.23. The number of methoxy groups -OCH3 is 1. The topological polar surface area (TPSA) is 59.1 Å². The first-order chi connectivity index (χ1) is 14.2. The van der Waals surface area contributed by atoms with Gasteiger partial charge in [0.05, 0.1) is 12.8 Å². The molecule has 3 aromatic carbocycles. The minimum atomic E-state index is 0.421. The maximum atomic E-state index is 5.47. The molecule has 0 aliphatic heterocycles. The van der Waals surface area contributed by atoms with E-state index in [1.54, 1.807) is 7.11 Å². The minimum absolute atomic E-state index is 0.421. The highest BCUT2D eigenvalue weighted by molar-refractivity contribution is 7.80. The summed E-state index contributed by atoms with van der Waals surface area (Å²) in [5.41, 5.74) is 3.93. The molecule has 0 bridgehead atoms. The summed E-state index contributed by atoms with van der Waals surface area (Å²) in [5.74, 6) is 1.38. The van der Waals surface area contributed by atoms with Crippen LogP contribution in [0.3, 0.4) is 0 Å². The van der Waals surface area contributed by atoms with Gasteiger partial charge in [-0.15, -0.1) is 0 Å². The SMILES string of the molecule is COc1ccc(-c2ccccc2)cc1NC(=S)Nc1nc(-c2ccccc2)ns1. The Morgan fingerprint density at radius 1 is 0.862 bits per heavy atom. The summed E-state index contributed by atoms with van der Waals surface area (Å²) in [5, 5.41) is 7.35. The molecular weight excluding hydrogens is 400 g/mol. The second-order valence-electron chi connectivity index (χ2n) is 6.15. The predicted molar refractivity (Wildman–Crippen MR) is 124 cm³/mol. The molecule has 0 saturated heterocycles. The molecule has 0 amide bonds. The molecule has 4 aromatic rings. The number of rotatable bonds is 5. The largest absolute Gasteiger partial charge is 0.495 e. The molecule has 2 N–H and O–H groups in total. The van der Waals surface area contributed by atoms with Gasteiger partial charge in [-0.1, -0.05) is 66.7 Å². The van der Waals surface area contributed by atoms with Crippen LogP contribution in [0.5, 0.6) is 5.75 Å². The van der Waals surface area contributed by atoms with Crippen LogP contribution < -0.4 is 15.4 Å².